The quantitative estimate of drug-likeness (QED) is 0.805. The molecule has 0 aliphatic rings. The number of methoxy groups -OCH3 is 1. The smallest absolute Gasteiger partial charge is 0.255 e. The van der Waals surface area contributed by atoms with Crippen molar-refractivity contribution in [1.82, 2.24) is 15.3 Å². The van der Waals surface area contributed by atoms with Crippen molar-refractivity contribution >= 4 is 0 Å². The average molecular weight is 253 g/mol. The van der Waals surface area contributed by atoms with E-state index < -0.39 is 0 Å². The predicted octanol–water partition coefficient (Wildman–Crippen LogP) is 1.46. The second kappa shape index (κ2) is 6.66. The summed E-state index contributed by atoms with van der Waals surface area (Å²) in [5.41, 5.74) is 1.44. The number of hydrogen-bond acceptors (Lipinski definition) is 4. The Morgan fingerprint density at radius 2 is 2.06 bits per heavy atom. The van der Waals surface area contributed by atoms with Crippen molar-refractivity contribution in [2.24, 2.45) is 0 Å². The standard InChI is InChI=1S/C13H23N3O2/c1-8(6-7-18-5)14-9(2)12-10(3)15-11(4)16-13(12)17/h8-9,14H,6-7H2,1-5H3,(H,15,16,17). The zero-order valence-electron chi connectivity index (χ0n) is 11.8. The van der Waals surface area contributed by atoms with Crippen LogP contribution in [0.2, 0.25) is 0 Å². The molecule has 0 radical (unpaired) electrons. The van der Waals surface area contributed by atoms with E-state index >= 15 is 0 Å². The van der Waals surface area contributed by atoms with Gasteiger partial charge in [0.05, 0.1) is 5.56 Å². The van der Waals surface area contributed by atoms with Crippen LogP contribution < -0.4 is 10.9 Å². The monoisotopic (exact) mass is 253 g/mol. The summed E-state index contributed by atoms with van der Waals surface area (Å²) in [6.45, 7) is 8.44. The summed E-state index contributed by atoms with van der Waals surface area (Å²) in [5, 5.41) is 3.39. The van der Waals surface area contributed by atoms with E-state index in [4.69, 9.17) is 4.74 Å². The Balaban J connectivity index is 2.78. The molecule has 0 aliphatic heterocycles. The number of hydrogen-bond donors (Lipinski definition) is 2. The van der Waals surface area contributed by atoms with Gasteiger partial charge in [-0.3, -0.25) is 4.79 Å². The summed E-state index contributed by atoms with van der Waals surface area (Å²) in [6.07, 6.45) is 0.914. The first-order valence-electron chi connectivity index (χ1n) is 6.28. The minimum atomic E-state index is -0.0565. The summed E-state index contributed by atoms with van der Waals surface area (Å²) >= 11 is 0. The van der Waals surface area contributed by atoms with E-state index in [-0.39, 0.29) is 11.6 Å². The molecule has 0 aliphatic carbocycles. The summed E-state index contributed by atoms with van der Waals surface area (Å²) in [5.74, 6) is 0.654. The minimum Gasteiger partial charge on any atom is -0.385 e. The Morgan fingerprint density at radius 1 is 1.39 bits per heavy atom. The second-order valence-electron chi connectivity index (χ2n) is 4.72. The number of rotatable bonds is 6. The third-order valence-electron chi connectivity index (χ3n) is 2.99. The number of aromatic amines is 1. The van der Waals surface area contributed by atoms with Crippen molar-refractivity contribution in [2.45, 2.75) is 46.2 Å². The highest BCUT2D eigenvalue weighted by atomic mass is 16.5. The van der Waals surface area contributed by atoms with Gasteiger partial charge in [-0.1, -0.05) is 0 Å². The Bertz CT molecular complexity index is 442. The molecule has 1 heterocycles. The fraction of sp³-hybridized carbons (Fsp3) is 0.692. The maximum atomic E-state index is 11.9. The maximum absolute atomic E-state index is 11.9. The first-order chi connectivity index (χ1) is 8.45. The van der Waals surface area contributed by atoms with E-state index in [0.29, 0.717) is 24.0 Å². The number of ether oxygens (including phenoxy) is 1. The van der Waals surface area contributed by atoms with Crippen molar-refractivity contribution in [3.8, 4) is 0 Å². The maximum Gasteiger partial charge on any atom is 0.255 e. The summed E-state index contributed by atoms with van der Waals surface area (Å²) in [4.78, 5) is 19.0. The molecule has 0 fully saturated rings. The molecule has 1 rings (SSSR count). The van der Waals surface area contributed by atoms with Crippen LogP contribution in [0.5, 0.6) is 0 Å². The van der Waals surface area contributed by atoms with Gasteiger partial charge in [0.1, 0.15) is 5.82 Å². The molecule has 102 valence electrons. The molecule has 1 aromatic heterocycles. The Morgan fingerprint density at radius 3 is 2.61 bits per heavy atom. The van der Waals surface area contributed by atoms with Crippen molar-refractivity contribution < 1.29 is 4.74 Å². The van der Waals surface area contributed by atoms with Gasteiger partial charge in [0.25, 0.3) is 5.56 Å². The molecule has 0 spiro atoms. The highest BCUT2D eigenvalue weighted by Gasteiger charge is 2.16. The minimum absolute atomic E-state index is 0.0197. The second-order valence-corrected chi connectivity index (χ2v) is 4.72. The largest absolute Gasteiger partial charge is 0.385 e. The Hall–Kier alpha value is -1.20. The van der Waals surface area contributed by atoms with Crippen molar-refractivity contribution in [3.63, 3.8) is 0 Å². The SMILES string of the molecule is COCCC(C)NC(C)c1c(C)nc(C)[nH]c1=O. The predicted molar refractivity (Wildman–Crippen MR) is 71.8 cm³/mol. The van der Waals surface area contributed by atoms with E-state index in [1.54, 1.807) is 14.0 Å². The highest BCUT2D eigenvalue weighted by molar-refractivity contribution is 5.20. The van der Waals surface area contributed by atoms with E-state index in [2.05, 4.69) is 22.2 Å². The molecular weight excluding hydrogens is 230 g/mol. The van der Waals surface area contributed by atoms with Gasteiger partial charge in [-0.15, -0.1) is 0 Å². The van der Waals surface area contributed by atoms with Crippen LogP contribution >= 0.6 is 0 Å². The van der Waals surface area contributed by atoms with Crippen LogP contribution in [0.15, 0.2) is 4.79 Å². The molecular formula is C13H23N3O2. The van der Waals surface area contributed by atoms with E-state index in [1.807, 2.05) is 13.8 Å². The average Bonchev–Trinajstić information content (AvgIpc) is 2.24. The summed E-state index contributed by atoms with van der Waals surface area (Å²) < 4.78 is 5.04. The van der Waals surface area contributed by atoms with Crippen molar-refractivity contribution in [1.29, 1.82) is 0 Å². The zero-order valence-corrected chi connectivity index (χ0v) is 11.8. The molecule has 5 heteroatoms. The number of H-pyrrole nitrogens is 1. The van der Waals surface area contributed by atoms with E-state index in [9.17, 15) is 4.79 Å². The van der Waals surface area contributed by atoms with Crippen LogP contribution in [0, 0.1) is 13.8 Å². The van der Waals surface area contributed by atoms with Gasteiger partial charge >= 0.3 is 0 Å². The van der Waals surface area contributed by atoms with Crippen LogP contribution in [0.4, 0.5) is 0 Å². The number of nitrogens with zero attached hydrogens (tertiary/aromatic N) is 1. The number of nitrogens with one attached hydrogen (secondary N) is 2. The van der Waals surface area contributed by atoms with Crippen LogP contribution in [0.25, 0.3) is 0 Å². The van der Waals surface area contributed by atoms with Crippen molar-refractivity contribution in [2.75, 3.05) is 13.7 Å². The third kappa shape index (κ3) is 3.92. The fourth-order valence-corrected chi connectivity index (χ4v) is 2.13. The molecule has 2 atom stereocenters. The molecule has 0 amide bonds. The molecule has 2 N–H and O–H groups in total. The zero-order chi connectivity index (χ0) is 13.7. The van der Waals surface area contributed by atoms with Gasteiger partial charge in [-0.05, 0) is 34.1 Å². The van der Waals surface area contributed by atoms with Gasteiger partial charge < -0.3 is 15.0 Å². The molecule has 18 heavy (non-hydrogen) atoms. The van der Waals surface area contributed by atoms with Crippen LogP contribution in [-0.4, -0.2) is 29.7 Å². The molecule has 0 saturated heterocycles. The molecule has 0 saturated carbocycles. The van der Waals surface area contributed by atoms with E-state index in [0.717, 1.165) is 12.1 Å². The topological polar surface area (TPSA) is 67.0 Å². The third-order valence-corrected chi connectivity index (χ3v) is 2.99. The van der Waals surface area contributed by atoms with E-state index in [1.165, 1.54) is 0 Å². The summed E-state index contributed by atoms with van der Waals surface area (Å²) in [6, 6.07) is 0.272. The molecule has 0 aromatic carbocycles. The lowest BCUT2D eigenvalue weighted by Crippen LogP contribution is -2.34. The lowest BCUT2D eigenvalue weighted by molar-refractivity contribution is 0.183. The van der Waals surface area contributed by atoms with Crippen LogP contribution in [-0.2, 0) is 4.74 Å². The van der Waals surface area contributed by atoms with Gasteiger partial charge in [-0.2, -0.15) is 0 Å². The normalized spacial score (nSPS) is 14.5. The Kier molecular flexibility index (Phi) is 5.50. The van der Waals surface area contributed by atoms with Gasteiger partial charge in [0.2, 0.25) is 0 Å². The first kappa shape index (κ1) is 14.9. The highest BCUT2D eigenvalue weighted by Crippen LogP contribution is 2.12. The number of aromatic nitrogens is 2. The molecule has 0 bridgehead atoms. The van der Waals surface area contributed by atoms with Crippen LogP contribution in [0.1, 0.15) is 43.4 Å². The fourth-order valence-electron chi connectivity index (χ4n) is 2.13. The molecule has 2 unspecified atom stereocenters. The van der Waals surface area contributed by atoms with Gasteiger partial charge in [0, 0.05) is 31.5 Å². The molecule has 5 nitrogen and oxygen atoms in total. The Labute approximate surface area is 108 Å². The van der Waals surface area contributed by atoms with Gasteiger partial charge in [0.15, 0.2) is 0 Å². The number of aryl methyl sites for hydroxylation is 2. The first-order valence-corrected chi connectivity index (χ1v) is 6.28. The van der Waals surface area contributed by atoms with Crippen molar-refractivity contribution in [3.05, 3.63) is 27.4 Å². The van der Waals surface area contributed by atoms with Gasteiger partial charge in [-0.25, -0.2) is 4.98 Å². The molecule has 1 aromatic rings. The summed E-state index contributed by atoms with van der Waals surface area (Å²) in [7, 11) is 1.69. The lowest BCUT2D eigenvalue weighted by Gasteiger charge is -2.20. The van der Waals surface area contributed by atoms with Crippen LogP contribution in [0.3, 0.4) is 0 Å². The lowest BCUT2D eigenvalue weighted by atomic mass is 10.1.